The van der Waals surface area contributed by atoms with Gasteiger partial charge in [-0.05, 0) is 73.0 Å². The molecule has 1 saturated heterocycles. The fourth-order valence-electron chi connectivity index (χ4n) is 5.28. The number of hydrogen-bond donors (Lipinski definition) is 1. The minimum absolute atomic E-state index is 0.00294. The number of Topliss-reactive ketones (excluding diaryl/α,β-unsaturated/α-hetero) is 1. The first-order valence-corrected chi connectivity index (χ1v) is 15.7. The second-order valence-corrected chi connectivity index (χ2v) is 12.4. The second kappa shape index (κ2) is 12.3. The molecule has 9 nitrogen and oxygen atoms in total. The fourth-order valence-corrected chi connectivity index (χ4v) is 7.11. The van der Waals surface area contributed by atoms with Crippen molar-refractivity contribution in [3.8, 4) is 17.2 Å². The van der Waals surface area contributed by atoms with E-state index in [1.165, 1.54) is 35.9 Å². The number of ketones is 1. The van der Waals surface area contributed by atoms with E-state index in [9.17, 15) is 19.1 Å². The molecule has 1 N–H and O–H groups in total. The molecule has 44 heavy (non-hydrogen) atoms. The number of rotatable bonds is 9. The number of thioether (sulfide) groups is 1. The SMILES string of the molecule is CCOc1ccc(C2/C(=C(\O)c3ccc4c(c3)CC(C)O4)C(=O)C(=O)N2c2nnc(SCc3ccc(F)cc3)s2)cc1OC. The van der Waals surface area contributed by atoms with Gasteiger partial charge < -0.3 is 19.3 Å². The molecule has 1 fully saturated rings. The number of benzene rings is 3. The van der Waals surface area contributed by atoms with Crippen molar-refractivity contribution in [2.24, 2.45) is 0 Å². The number of aliphatic hydroxyl groups excluding tert-OH is 1. The predicted molar refractivity (Wildman–Crippen MR) is 165 cm³/mol. The fraction of sp³-hybridized carbons (Fsp3) is 0.250. The van der Waals surface area contributed by atoms with Crippen molar-refractivity contribution < 1.29 is 33.3 Å². The van der Waals surface area contributed by atoms with Gasteiger partial charge in [-0.1, -0.05) is 41.3 Å². The summed E-state index contributed by atoms with van der Waals surface area (Å²) < 4.78 is 30.9. The predicted octanol–water partition coefficient (Wildman–Crippen LogP) is 6.33. The third kappa shape index (κ3) is 5.62. The standard InChI is InChI=1S/C32H28FN3O6S2/c1-4-41-24-12-7-19(15-25(24)40-3)27-26(28(37)20-8-11-23-21(14-20)13-17(2)42-23)29(38)30(39)36(27)31-34-35-32(44-31)43-16-18-5-9-22(33)10-6-18/h5-12,14-15,17,27,37H,4,13,16H2,1-3H3/b28-26+. The Morgan fingerprint density at radius 1 is 1.11 bits per heavy atom. The molecule has 3 aromatic carbocycles. The van der Waals surface area contributed by atoms with E-state index in [0.29, 0.717) is 45.7 Å². The van der Waals surface area contributed by atoms with Crippen molar-refractivity contribution >= 4 is 45.7 Å². The summed E-state index contributed by atoms with van der Waals surface area (Å²) in [6.07, 6.45) is 0.657. The zero-order chi connectivity index (χ0) is 31.0. The lowest BCUT2D eigenvalue weighted by Crippen LogP contribution is -2.29. The van der Waals surface area contributed by atoms with Gasteiger partial charge in [0.15, 0.2) is 15.8 Å². The van der Waals surface area contributed by atoms with Crippen molar-refractivity contribution in [1.29, 1.82) is 0 Å². The van der Waals surface area contributed by atoms with Gasteiger partial charge in [-0.3, -0.25) is 14.5 Å². The third-order valence-corrected chi connectivity index (χ3v) is 9.42. The summed E-state index contributed by atoms with van der Waals surface area (Å²) in [7, 11) is 1.50. The van der Waals surface area contributed by atoms with Crippen LogP contribution in [0.1, 0.15) is 42.1 Å². The summed E-state index contributed by atoms with van der Waals surface area (Å²) in [6, 6.07) is 15.5. The van der Waals surface area contributed by atoms with Gasteiger partial charge in [0, 0.05) is 17.7 Å². The van der Waals surface area contributed by atoms with Crippen LogP contribution in [0.25, 0.3) is 5.76 Å². The quantitative estimate of drug-likeness (QED) is 0.0744. The molecule has 1 aromatic heterocycles. The van der Waals surface area contributed by atoms with Gasteiger partial charge in [0.05, 0.1) is 25.3 Å². The number of carbonyl (C=O) groups is 2. The lowest BCUT2D eigenvalue weighted by atomic mass is 9.94. The molecule has 0 aliphatic carbocycles. The first kappa shape index (κ1) is 29.6. The number of aromatic nitrogens is 2. The van der Waals surface area contributed by atoms with Crippen LogP contribution in [0.2, 0.25) is 0 Å². The van der Waals surface area contributed by atoms with Crippen LogP contribution in [0.4, 0.5) is 9.52 Å². The van der Waals surface area contributed by atoms with E-state index < -0.39 is 17.7 Å². The van der Waals surface area contributed by atoms with Crippen molar-refractivity contribution in [1.82, 2.24) is 10.2 Å². The van der Waals surface area contributed by atoms with Crippen LogP contribution in [-0.2, 0) is 21.8 Å². The Hall–Kier alpha value is -4.42. The summed E-state index contributed by atoms with van der Waals surface area (Å²) in [5.74, 6) is -0.169. The van der Waals surface area contributed by atoms with Gasteiger partial charge in [0.1, 0.15) is 23.4 Å². The lowest BCUT2D eigenvalue weighted by Gasteiger charge is -2.23. The Bertz CT molecular complexity index is 1770. The van der Waals surface area contributed by atoms with Gasteiger partial charge >= 0.3 is 5.91 Å². The zero-order valence-electron chi connectivity index (χ0n) is 24.1. The highest BCUT2D eigenvalue weighted by Gasteiger charge is 2.48. The van der Waals surface area contributed by atoms with Gasteiger partial charge in [-0.25, -0.2) is 4.39 Å². The highest BCUT2D eigenvalue weighted by molar-refractivity contribution is 8.00. The Labute approximate surface area is 261 Å². The van der Waals surface area contributed by atoms with Crippen LogP contribution in [-0.4, -0.2) is 46.8 Å². The average Bonchev–Trinajstić information content (AvgIpc) is 3.71. The first-order chi connectivity index (χ1) is 21.3. The number of amides is 1. The number of aliphatic hydroxyl groups is 1. The molecule has 0 radical (unpaired) electrons. The Morgan fingerprint density at radius 3 is 2.66 bits per heavy atom. The van der Waals surface area contributed by atoms with Gasteiger partial charge in [-0.2, -0.15) is 0 Å². The van der Waals surface area contributed by atoms with Crippen molar-refractivity contribution in [2.75, 3.05) is 18.6 Å². The highest BCUT2D eigenvalue weighted by atomic mass is 32.2. The number of nitrogens with zero attached hydrogens (tertiary/aromatic N) is 3. The van der Waals surface area contributed by atoms with Gasteiger partial charge in [-0.15, -0.1) is 10.2 Å². The summed E-state index contributed by atoms with van der Waals surface area (Å²) in [6.45, 7) is 4.22. The minimum atomic E-state index is -1.02. The highest BCUT2D eigenvalue weighted by Crippen LogP contribution is 2.46. The number of methoxy groups -OCH3 is 1. The normalized spacial score (nSPS) is 18.8. The van der Waals surface area contributed by atoms with Crippen LogP contribution < -0.4 is 19.1 Å². The third-order valence-electron chi connectivity index (χ3n) is 7.29. The van der Waals surface area contributed by atoms with E-state index in [1.54, 1.807) is 48.5 Å². The van der Waals surface area contributed by atoms with E-state index >= 15 is 0 Å². The largest absolute Gasteiger partial charge is 0.507 e. The first-order valence-electron chi connectivity index (χ1n) is 13.9. The van der Waals surface area contributed by atoms with Crippen LogP contribution >= 0.6 is 23.1 Å². The smallest absolute Gasteiger partial charge is 0.301 e. The van der Waals surface area contributed by atoms with Crippen LogP contribution in [0.3, 0.4) is 0 Å². The molecular weight excluding hydrogens is 605 g/mol. The van der Waals surface area contributed by atoms with Crippen molar-refractivity contribution in [3.63, 3.8) is 0 Å². The molecule has 2 aliphatic heterocycles. The van der Waals surface area contributed by atoms with E-state index in [2.05, 4.69) is 10.2 Å². The monoisotopic (exact) mass is 633 g/mol. The number of carbonyl (C=O) groups excluding carboxylic acids is 2. The molecule has 0 saturated carbocycles. The molecule has 226 valence electrons. The molecule has 4 aromatic rings. The van der Waals surface area contributed by atoms with Crippen molar-refractivity contribution in [2.45, 2.75) is 42.5 Å². The average molecular weight is 634 g/mol. The van der Waals surface area contributed by atoms with Gasteiger partial charge in [0.2, 0.25) is 5.13 Å². The molecule has 12 heteroatoms. The maximum absolute atomic E-state index is 13.7. The minimum Gasteiger partial charge on any atom is -0.507 e. The van der Waals surface area contributed by atoms with Crippen LogP contribution in [0.15, 0.2) is 70.6 Å². The molecule has 2 aliphatic rings. The molecule has 2 unspecified atom stereocenters. The maximum Gasteiger partial charge on any atom is 0.301 e. The molecule has 6 rings (SSSR count). The van der Waals surface area contributed by atoms with Gasteiger partial charge in [0.25, 0.3) is 5.78 Å². The number of fused-ring (bicyclic) bond motifs is 1. The molecular formula is C32H28FN3O6S2. The molecule has 0 bridgehead atoms. The summed E-state index contributed by atoms with van der Waals surface area (Å²) >= 11 is 2.52. The van der Waals surface area contributed by atoms with E-state index in [4.69, 9.17) is 14.2 Å². The Kier molecular flexibility index (Phi) is 8.28. The molecule has 1 amide bonds. The van der Waals surface area contributed by atoms with E-state index in [0.717, 1.165) is 28.2 Å². The number of anilines is 1. The number of ether oxygens (including phenoxy) is 3. The molecule has 3 heterocycles. The van der Waals surface area contributed by atoms with Crippen LogP contribution in [0.5, 0.6) is 17.2 Å². The lowest BCUT2D eigenvalue weighted by molar-refractivity contribution is -0.132. The summed E-state index contributed by atoms with van der Waals surface area (Å²) in [5.41, 5.74) is 2.63. The number of hydrogen-bond acceptors (Lipinski definition) is 10. The zero-order valence-corrected chi connectivity index (χ0v) is 25.7. The van der Waals surface area contributed by atoms with E-state index in [1.807, 2.05) is 13.8 Å². The second-order valence-electron chi connectivity index (χ2n) is 10.2. The maximum atomic E-state index is 13.7. The Morgan fingerprint density at radius 2 is 1.91 bits per heavy atom. The summed E-state index contributed by atoms with van der Waals surface area (Å²) in [4.78, 5) is 28.6. The van der Waals surface area contributed by atoms with Crippen molar-refractivity contribution in [3.05, 3.63) is 94.3 Å². The summed E-state index contributed by atoms with van der Waals surface area (Å²) in [5, 5.41) is 20.3. The van der Waals surface area contributed by atoms with E-state index in [-0.39, 0.29) is 28.4 Å². The van der Waals surface area contributed by atoms with Crippen LogP contribution in [0, 0.1) is 5.82 Å². The Balaban J connectivity index is 1.41. The molecule has 2 atom stereocenters. The topological polar surface area (TPSA) is 111 Å². The molecule has 0 spiro atoms. The number of halogens is 1.